The van der Waals surface area contributed by atoms with E-state index in [4.69, 9.17) is 9.47 Å². The number of aromatic nitrogens is 3. The maximum absolute atomic E-state index is 13.0. The van der Waals surface area contributed by atoms with Crippen molar-refractivity contribution in [2.24, 2.45) is 4.99 Å². The zero-order chi connectivity index (χ0) is 24.3. The quantitative estimate of drug-likeness (QED) is 0.394. The normalized spacial score (nSPS) is 11.8. The number of hydrogen-bond donors (Lipinski definition) is 2. The molecule has 0 aliphatic heterocycles. The third kappa shape index (κ3) is 6.37. The Bertz CT molecular complexity index is 1180. The average Bonchev–Trinajstić information content (AvgIpc) is 3.28. The topological polar surface area (TPSA) is 105 Å². The monoisotopic (exact) mass is 462 g/mol. The van der Waals surface area contributed by atoms with Gasteiger partial charge in [-0.25, -0.2) is 9.97 Å². The first kappa shape index (κ1) is 24.8. The largest absolute Gasteiger partial charge is 0.383 e. The molecule has 178 valence electrons. The number of methoxy groups -OCH3 is 2. The van der Waals surface area contributed by atoms with E-state index in [1.54, 1.807) is 43.7 Å². The van der Waals surface area contributed by atoms with E-state index in [1.165, 1.54) is 0 Å². The second-order valence-corrected chi connectivity index (χ2v) is 7.34. The Balaban J connectivity index is 1.80. The van der Waals surface area contributed by atoms with Crippen LogP contribution in [0, 0.1) is 0 Å². The molecule has 0 radical (unpaired) electrons. The summed E-state index contributed by atoms with van der Waals surface area (Å²) in [7, 11) is 3.23. The Labute approximate surface area is 199 Å². The molecular formula is C25H30N6O3. The number of ether oxygens (including phenoxy) is 2. The van der Waals surface area contributed by atoms with Crippen molar-refractivity contribution >= 4 is 40.4 Å². The van der Waals surface area contributed by atoms with Crippen molar-refractivity contribution in [3.05, 3.63) is 66.6 Å². The Morgan fingerprint density at radius 2 is 1.97 bits per heavy atom. The minimum atomic E-state index is -0.102. The Hall–Kier alpha value is -3.82. The number of aliphatic imine (C=N–C) groups is 1. The number of nitrogens with zero attached hydrogens (tertiary/aromatic N) is 4. The fourth-order valence-electron chi connectivity index (χ4n) is 3.33. The first-order valence-electron chi connectivity index (χ1n) is 10.9. The van der Waals surface area contributed by atoms with E-state index in [2.05, 4.69) is 31.8 Å². The van der Waals surface area contributed by atoms with Gasteiger partial charge < -0.3 is 24.7 Å². The number of nitrogens with one attached hydrogen (secondary N) is 2. The lowest BCUT2D eigenvalue weighted by molar-refractivity contribution is 0.0623. The van der Waals surface area contributed by atoms with Crippen LogP contribution in [0.2, 0.25) is 0 Å². The molecule has 3 aromatic rings. The lowest BCUT2D eigenvalue weighted by atomic mass is 10.2. The minimum absolute atomic E-state index is 0.102. The Morgan fingerprint density at radius 1 is 1.21 bits per heavy atom. The summed E-state index contributed by atoms with van der Waals surface area (Å²) in [5.74, 6) is 0.344. The lowest BCUT2D eigenvalue weighted by Gasteiger charge is -2.21. The maximum atomic E-state index is 13.0. The first-order chi connectivity index (χ1) is 16.6. The van der Waals surface area contributed by atoms with Crippen LogP contribution < -0.4 is 5.32 Å². The number of H-pyrrole nitrogens is 1. The van der Waals surface area contributed by atoms with Gasteiger partial charge in [0.2, 0.25) is 5.95 Å². The van der Waals surface area contributed by atoms with Gasteiger partial charge in [-0.05, 0) is 37.3 Å². The summed E-state index contributed by atoms with van der Waals surface area (Å²) < 4.78 is 10.3. The lowest BCUT2D eigenvalue weighted by Crippen LogP contribution is -2.36. The van der Waals surface area contributed by atoms with Crippen LogP contribution in [0.25, 0.3) is 16.6 Å². The molecule has 2 heterocycles. The Morgan fingerprint density at radius 3 is 2.65 bits per heavy atom. The molecule has 1 amide bonds. The van der Waals surface area contributed by atoms with Crippen molar-refractivity contribution in [3.8, 4) is 0 Å². The number of hydrogen-bond acceptors (Lipinski definition) is 7. The summed E-state index contributed by atoms with van der Waals surface area (Å²) in [6, 6.07) is 9.41. The molecule has 2 N–H and O–H groups in total. The molecule has 3 rings (SSSR count). The summed E-state index contributed by atoms with van der Waals surface area (Å²) in [4.78, 5) is 31.2. The zero-order valence-corrected chi connectivity index (χ0v) is 19.7. The second-order valence-electron chi connectivity index (χ2n) is 7.34. The van der Waals surface area contributed by atoms with Crippen LogP contribution in [-0.4, -0.2) is 72.5 Å². The molecule has 0 aliphatic rings. The molecule has 1 aromatic carbocycles. The smallest absolute Gasteiger partial charge is 0.270 e. The van der Waals surface area contributed by atoms with Crippen LogP contribution in [0.3, 0.4) is 0 Å². The minimum Gasteiger partial charge on any atom is -0.383 e. The number of allylic oxidation sites excluding steroid dienone is 2. The third-order valence-electron chi connectivity index (χ3n) is 5.04. The molecule has 2 aromatic heterocycles. The SMILES string of the molecule is C=CC=N/C(=C\C)c1ccnc(Nc2ccc3[nH]c(C(=O)N(CCOC)CCOC)cc3c2)n1. The number of rotatable bonds is 12. The number of fused-ring (bicyclic) bond motifs is 1. The van der Waals surface area contributed by atoms with Crippen molar-refractivity contribution in [1.82, 2.24) is 19.9 Å². The summed E-state index contributed by atoms with van der Waals surface area (Å²) in [5, 5.41) is 4.12. The highest BCUT2D eigenvalue weighted by Crippen LogP contribution is 2.23. The molecule has 0 saturated carbocycles. The molecule has 9 nitrogen and oxygen atoms in total. The van der Waals surface area contributed by atoms with Crippen LogP contribution in [0.1, 0.15) is 23.1 Å². The average molecular weight is 463 g/mol. The fraction of sp³-hybridized carbons (Fsp3) is 0.280. The molecule has 0 spiro atoms. The summed E-state index contributed by atoms with van der Waals surface area (Å²) in [6.07, 6.45) is 6.79. The number of carbonyl (C=O) groups excluding carboxylic acids is 1. The van der Waals surface area contributed by atoms with Crippen LogP contribution in [0.4, 0.5) is 11.6 Å². The van der Waals surface area contributed by atoms with Gasteiger partial charge in [0.05, 0.1) is 24.6 Å². The molecular weight excluding hydrogens is 432 g/mol. The Kier molecular flexibility index (Phi) is 9.07. The zero-order valence-electron chi connectivity index (χ0n) is 19.7. The number of aromatic amines is 1. The number of carbonyl (C=O) groups is 1. The molecule has 0 aliphatic carbocycles. The van der Waals surface area contributed by atoms with E-state index < -0.39 is 0 Å². The number of anilines is 2. The van der Waals surface area contributed by atoms with Crippen molar-refractivity contribution in [2.45, 2.75) is 6.92 Å². The van der Waals surface area contributed by atoms with E-state index >= 15 is 0 Å². The van der Waals surface area contributed by atoms with Crippen LogP contribution in [-0.2, 0) is 9.47 Å². The molecule has 34 heavy (non-hydrogen) atoms. The van der Waals surface area contributed by atoms with E-state index in [0.717, 1.165) is 22.3 Å². The van der Waals surface area contributed by atoms with Gasteiger partial charge in [-0.3, -0.25) is 9.79 Å². The van der Waals surface area contributed by atoms with Gasteiger partial charge in [-0.2, -0.15) is 0 Å². The van der Waals surface area contributed by atoms with Gasteiger partial charge in [0.1, 0.15) is 5.69 Å². The summed E-state index contributed by atoms with van der Waals surface area (Å²) in [6.45, 7) is 7.43. The van der Waals surface area contributed by atoms with Gasteiger partial charge in [0.25, 0.3) is 5.91 Å². The molecule has 0 saturated heterocycles. The van der Waals surface area contributed by atoms with Crippen molar-refractivity contribution in [1.29, 1.82) is 0 Å². The van der Waals surface area contributed by atoms with Crippen LogP contribution in [0.15, 0.2) is 60.3 Å². The van der Waals surface area contributed by atoms with Crippen molar-refractivity contribution in [3.63, 3.8) is 0 Å². The number of amides is 1. The first-order valence-corrected chi connectivity index (χ1v) is 10.9. The highest BCUT2D eigenvalue weighted by molar-refractivity contribution is 5.98. The highest BCUT2D eigenvalue weighted by atomic mass is 16.5. The molecule has 0 bridgehead atoms. The summed E-state index contributed by atoms with van der Waals surface area (Å²) in [5.41, 5.74) is 3.59. The van der Waals surface area contributed by atoms with Gasteiger partial charge in [0.15, 0.2) is 0 Å². The molecule has 0 unspecified atom stereocenters. The predicted molar refractivity (Wildman–Crippen MR) is 136 cm³/mol. The fourth-order valence-corrected chi connectivity index (χ4v) is 3.33. The van der Waals surface area contributed by atoms with E-state index in [9.17, 15) is 4.79 Å². The van der Waals surface area contributed by atoms with Gasteiger partial charge in [0, 0.05) is 56.3 Å². The second kappa shape index (κ2) is 12.4. The predicted octanol–water partition coefficient (Wildman–Crippen LogP) is 4.05. The van der Waals surface area contributed by atoms with Crippen LogP contribution >= 0.6 is 0 Å². The van der Waals surface area contributed by atoms with E-state index in [-0.39, 0.29) is 5.91 Å². The third-order valence-corrected chi connectivity index (χ3v) is 5.04. The van der Waals surface area contributed by atoms with Gasteiger partial charge in [-0.1, -0.05) is 18.7 Å². The van der Waals surface area contributed by atoms with Crippen LogP contribution in [0.5, 0.6) is 0 Å². The van der Waals surface area contributed by atoms with E-state index in [0.29, 0.717) is 43.6 Å². The van der Waals surface area contributed by atoms with Crippen molar-refractivity contribution in [2.75, 3.05) is 45.8 Å². The highest BCUT2D eigenvalue weighted by Gasteiger charge is 2.18. The standard InChI is InChI=1S/C25H30N6O3/c1-5-10-26-20(6-2)22-9-11-27-25(30-22)28-19-7-8-21-18(16-19)17-23(29-21)24(32)31(12-14-33-3)13-15-34-4/h5-11,16-17,29H,1,12-15H2,2-4H3,(H,27,28,30)/b20-6-,26-10?. The van der Waals surface area contributed by atoms with E-state index in [1.807, 2.05) is 37.3 Å². The summed E-state index contributed by atoms with van der Waals surface area (Å²) >= 11 is 0. The molecule has 9 heteroatoms. The molecule has 0 fully saturated rings. The maximum Gasteiger partial charge on any atom is 0.270 e. The van der Waals surface area contributed by atoms with Gasteiger partial charge >= 0.3 is 0 Å². The van der Waals surface area contributed by atoms with Gasteiger partial charge in [-0.15, -0.1) is 0 Å². The number of benzene rings is 1. The molecule has 0 atom stereocenters. The van der Waals surface area contributed by atoms with Crippen molar-refractivity contribution < 1.29 is 14.3 Å².